The predicted octanol–water partition coefficient (Wildman–Crippen LogP) is 1.38. The summed E-state index contributed by atoms with van der Waals surface area (Å²) in [5.41, 5.74) is 6.59. The fourth-order valence-corrected chi connectivity index (χ4v) is 1.86. The van der Waals surface area contributed by atoms with Gasteiger partial charge in [-0.25, -0.2) is 4.79 Å². The van der Waals surface area contributed by atoms with Crippen LogP contribution in [0.2, 0.25) is 0 Å². The molecule has 2 aromatic rings. The summed E-state index contributed by atoms with van der Waals surface area (Å²) in [6, 6.07) is 7.35. The number of hydrogen-bond donors (Lipinski definition) is 2. The molecule has 2 rings (SSSR count). The average Bonchev–Trinajstić information content (AvgIpc) is 2.68. The highest BCUT2D eigenvalue weighted by Gasteiger charge is 2.11. The van der Waals surface area contributed by atoms with Gasteiger partial charge in [-0.2, -0.15) is 0 Å². The fraction of sp³-hybridized carbons (Fsp3) is 0.0769. The number of rotatable bonds is 4. The molecule has 92 valence electrons. The number of hydrogen-bond acceptors (Lipinski definition) is 2. The van der Waals surface area contributed by atoms with E-state index < -0.39 is 11.9 Å². The molecular formula is C13H12N2O3. The summed E-state index contributed by atoms with van der Waals surface area (Å²) in [4.78, 5) is 21.7. The Kier molecular flexibility index (Phi) is 3.14. The molecule has 0 radical (unpaired) electrons. The van der Waals surface area contributed by atoms with Crippen molar-refractivity contribution in [3.05, 3.63) is 48.2 Å². The van der Waals surface area contributed by atoms with E-state index in [0.717, 1.165) is 17.0 Å². The molecule has 0 aliphatic heterocycles. The number of carboxylic acid groups (broad SMARTS) is 1. The Morgan fingerprint density at radius 3 is 2.72 bits per heavy atom. The number of para-hydroxylation sites is 1. The van der Waals surface area contributed by atoms with Gasteiger partial charge in [-0.1, -0.05) is 24.3 Å². The van der Waals surface area contributed by atoms with E-state index in [4.69, 9.17) is 10.8 Å². The Labute approximate surface area is 103 Å². The van der Waals surface area contributed by atoms with Crippen molar-refractivity contribution in [2.75, 3.05) is 0 Å². The summed E-state index contributed by atoms with van der Waals surface area (Å²) in [5, 5.41) is 9.30. The standard InChI is InChI=1S/C13H12N2O3/c14-13(18)10-8-15(7-3-6-12(16)17)11-5-2-1-4-9(10)11/h1-6,8H,7H2,(H2,14,18)(H,16,17)/b6-3+. The number of carbonyl (C=O) groups excluding carboxylic acids is 1. The van der Waals surface area contributed by atoms with Gasteiger partial charge in [0.1, 0.15) is 0 Å². The maximum atomic E-state index is 11.3. The maximum absolute atomic E-state index is 11.3. The van der Waals surface area contributed by atoms with Crippen LogP contribution < -0.4 is 5.73 Å². The zero-order valence-corrected chi connectivity index (χ0v) is 9.54. The number of allylic oxidation sites excluding steroid dienone is 1. The number of carboxylic acids is 1. The maximum Gasteiger partial charge on any atom is 0.328 e. The Bertz CT molecular complexity index is 641. The van der Waals surface area contributed by atoms with Gasteiger partial charge in [-0.3, -0.25) is 4.79 Å². The highest BCUT2D eigenvalue weighted by Crippen LogP contribution is 2.20. The molecule has 0 saturated heterocycles. The van der Waals surface area contributed by atoms with E-state index in [-0.39, 0.29) is 0 Å². The van der Waals surface area contributed by atoms with Gasteiger partial charge < -0.3 is 15.4 Å². The van der Waals surface area contributed by atoms with Crippen molar-refractivity contribution in [3.8, 4) is 0 Å². The van der Waals surface area contributed by atoms with Crippen LogP contribution in [0, 0.1) is 0 Å². The second-order valence-corrected chi connectivity index (χ2v) is 3.82. The van der Waals surface area contributed by atoms with E-state index in [1.807, 2.05) is 24.3 Å². The van der Waals surface area contributed by atoms with Crippen molar-refractivity contribution in [1.29, 1.82) is 0 Å². The molecule has 0 saturated carbocycles. The summed E-state index contributed by atoms with van der Waals surface area (Å²) < 4.78 is 1.79. The van der Waals surface area contributed by atoms with E-state index in [1.54, 1.807) is 10.8 Å². The third kappa shape index (κ3) is 2.24. The summed E-state index contributed by atoms with van der Waals surface area (Å²) in [7, 11) is 0. The van der Waals surface area contributed by atoms with Crippen LogP contribution in [-0.2, 0) is 11.3 Å². The lowest BCUT2D eigenvalue weighted by Crippen LogP contribution is -2.10. The van der Waals surface area contributed by atoms with Crippen molar-refractivity contribution in [2.24, 2.45) is 5.73 Å². The Hall–Kier alpha value is -2.56. The van der Waals surface area contributed by atoms with E-state index in [1.165, 1.54) is 6.08 Å². The first-order chi connectivity index (χ1) is 8.59. The molecule has 0 atom stereocenters. The molecule has 0 fully saturated rings. The molecule has 0 bridgehead atoms. The van der Waals surface area contributed by atoms with Crippen molar-refractivity contribution in [3.63, 3.8) is 0 Å². The van der Waals surface area contributed by atoms with Gasteiger partial charge in [-0.05, 0) is 6.07 Å². The smallest absolute Gasteiger partial charge is 0.328 e. The van der Waals surface area contributed by atoms with E-state index in [9.17, 15) is 9.59 Å². The largest absolute Gasteiger partial charge is 0.478 e. The summed E-state index contributed by atoms with van der Waals surface area (Å²) >= 11 is 0. The minimum absolute atomic E-state index is 0.375. The van der Waals surface area contributed by atoms with Gasteiger partial charge in [-0.15, -0.1) is 0 Å². The van der Waals surface area contributed by atoms with Gasteiger partial charge in [0, 0.05) is 29.7 Å². The van der Waals surface area contributed by atoms with Crippen LogP contribution in [0.3, 0.4) is 0 Å². The first-order valence-corrected chi connectivity index (χ1v) is 5.36. The number of amides is 1. The summed E-state index contributed by atoms with van der Waals surface area (Å²) in [6.45, 7) is 0.375. The lowest BCUT2D eigenvalue weighted by molar-refractivity contribution is -0.131. The lowest BCUT2D eigenvalue weighted by Gasteiger charge is -1.99. The van der Waals surface area contributed by atoms with E-state index in [0.29, 0.717) is 12.1 Å². The van der Waals surface area contributed by atoms with Crippen LogP contribution in [0.15, 0.2) is 42.6 Å². The summed E-state index contributed by atoms with van der Waals surface area (Å²) in [6.07, 6.45) is 4.22. The van der Waals surface area contributed by atoms with E-state index in [2.05, 4.69) is 0 Å². The number of primary amides is 1. The molecule has 3 N–H and O–H groups in total. The van der Waals surface area contributed by atoms with Crippen molar-refractivity contribution in [2.45, 2.75) is 6.54 Å². The Balaban J connectivity index is 2.45. The third-order valence-electron chi connectivity index (χ3n) is 2.62. The Morgan fingerprint density at radius 2 is 2.06 bits per heavy atom. The normalized spacial score (nSPS) is 11.1. The molecule has 0 aliphatic rings. The number of nitrogens with zero attached hydrogens (tertiary/aromatic N) is 1. The first kappa shape index (κ1) is 11.9. The zero-order valence-electron chi connectivity index (χ0n) is 9.54. The van der Waals surface area contributed by atoms with Crippen molar-refractivity contribution in [1.82, 2.24) is 4.57 Å². The zero-order chi connectivity index (χ0) is 13.1. The number of benzene rings is 1. The molecule has 0 aliphatic carbocycles. The number of carbonyl (C=O) groups is 2. The van der Waals surface area contributed by atoms with Crippen molar-refractivity contribution < 1.29 is 14.7 Å². The van der Waals surface area contributed by atoms with Crippen LogP contribution in [-0.4, -0.2) is 21.6 Å². The van der Waals surface area contributed by atoms with Gasteiger partial charge in [0.2, 0.25) is 0 Å². The number of aliphatic carboxylic acids is 1. The second-order valence-electron chi connectivity index (χ2n) is 3.82. The molecule has 18 heavy (non-hydrogen) atoms. The molecule has 0 unspecified atom stereocenters. The van der Waals surface area contributed by atoms with Crippen LogP contribution in [0.25, 0.3) is 10.9 Å². The quantitative estimate of drug-likeness (QED) is 0.797. The molecule has 5 nitrogen and oxygen atoms in total. The molecule has 5 heteroatoms. The van der Waals surface area contributed by atoms with Crippen LogP contribution >= 0.6 is 0 Å². The fourth-order valence-electron chi connectivity index (χ4n) is 1.86. The first-order valence-electron chi connectivity index (χ1n) is 5.36. The molecule has 1 aromatic carbocycles. The van der Waals surface area contributed by atoms with Gasteiger partial charge >= 0.3 is 5.97 Å². The highest BCUT2D eigenvalue weighted by molar-refractivity contribution is 6.06. The third-order valence-corrected chi connectivity index (χ3v) is 2.62. The molecule has 0 spiro atoms. The number of aromatic nitrogens is 1. The van der Waals surface area contributed by atoms with Crippen LogP contribution in [0.1, 0.15) is 10.4 Å². The molecule has 1 heterocycles. The lowest BCUT2D eigenvalue weighted by atomic mass is 10.2. The topological polar surface area (TPSA) is 85.3 Å². The predicted molar refractivity (Wildman–Crippen MR) is 67.2 cm³/mol. The minimum atomic E-state index is -0.999. The number of fused-ring (bicyclic) bond motifs is 1. The highest BCUT2D eigenvalue weighted by atomic mass is 16.4. The monoisotopic (exact) mass is 244 g/mol. The van der Waals surface area contributed by atoms with Crippen molar-refractivity contribution >= 4 is 22.8 Å². The number of nitrogens with two attached hydrogens (primary N) is 1. The van der Waals surface area contributed by atoms with Gasteiger partial charge in [0.25, 0.3) is 5.91 Å². The minimum Gasteiger partial charge on any atom is -0.478 e. The molecular weight excluding hydrogens is 232 g/mol. The van der Waals surface area contributed by atoms with Gasteiger partial charge in [0.15, 0.2) is 0 Å². The average molecular weight is 244 g/mol. The second kappa shape index (κ2) is 4.75. The van der Waals surface area contributed by atoms with Crippen LogP contribution in [0.4, 0.5) is 0 Å². The van der Waals surface area contributed by atoms with E-state index >= 15 is 0 Å². The van der Waals surface area contributed by atoms with Crippen LogP contribution in [0.5, 0.6) is 0 Å². The Morgan fingerprint density at radius 1 is 1.33 bits per heavy atom. The molecule has 1 amide bonds. The SMILES string of the molecule is NC(=O)c1cn(C/C=C/C(=O)O)c2ccccc12. The molecule has 1 aromatic heterocycles. The van der Waals surface area contributed by atoms with Gasteiger partial charge in [0.05, 0.1) is 5.56 Å². The summed E-state index contributed by atoms with van der Waals surface area (Å²) in [5.74, 6) is -1.49.